The highest BCUT2D eigenvalue weighted by atomic mass is 16.1. The summed E-state index contributed by atoms with van der Waals surface area (Å²) in [6.45, 7) is 5.23. The zero-order valence-electron chi connectivity index (χ0n) is 12.9. The lowest BCUT2D eigenvalue weighted by atomic mass is 10.1. The van der Waals surface area contributed by atoms with E-state index in [1.54, 1.807) is 6.20 Å². The number of pyridine rings is 1. The van der Waals surface area contributed by atoms with Crippen LogP contribution in [-0.2, 0) is 0 Å². The maximum atomic E-state index is 12.2. The van der Waals surface area contributed by atoms with E-state index in [0.29, 0.717) is 5.56 Å². The summed E-state index contributed by atoms with van der Waals surface area (Å²) >= 11 is 0. The number of carbonyl (C=O) groups is 1. The van der Waals surface area contributed by atoms with E-state index in [4.69, 9.17) is 0 Å². The molecule has 0 unspecified atom stereocenters. The Kier molecular flexibility index (Phi) is 5.73. The van der Waals surface area contributed by atoms with Gasteiger partial charge < -0.3 is 5.32 Å². The van der Waals surface area contributed by atoms with Gasteiger partial charge in [0.2, 0.25) is 0 Å². The van der Waals surface area contributed by atoms with E-state index in [-0.39, 0.29) is 5.91 Å². The van der Waals surface area contributed by atoms with Crippen molar-refractivity contribution in [2.45, 2.75) is 39.5 Å². The van der Waals surface area contributed by atoms with Crippen LogP contribution >= 0.6 is 0 Å². The summed E-state index contributed by atoms with van der Waals surface area (Å²) in [5.74, 6) is 0.740. The Morgan fingerprint density at radius 3 is 2.76 bits per heavy atom. The number of fused-ring (bicyclic) bond motifs is 1. The first kappa shape index (κ1) is 15.5. The van der Waals surface area contributed by atoms with E-state index in [1.165, 1.54) is 19.3 Å². The smallest absolute Gasteiger partial charge is 0.253 e. The van der Waals surface area contributed by atoms with Gasteiger partial charge in [-0.1, -0.05) is 51.3 Å². The highest BCUT2D eigenvalue weighted by Crippen LogP contribution is 2.15. The molecule has 2 rings (SSSR count). The predicted octanol–water partition coefficient (Wildman–Crippen LogP) is 4.18. The SMILES string of the molecule is CC(C)CCCCCNC(=O)c1cccc2cccnc12. The fourth-order valence-corrected chi connectivity index (χ4v) is 2.44. The van der Waals surface area contributed by atoms with Gasteiger partial charge in [-0.25, -0.2) is 0 Å². The van der Waals surface area contributed by atoms with Crippen molar-refractivity contribution in [3.8, 4) is 0 Å². The van der Waals surface area contributed by atoms with Crippen molar-refractivity contribution in [1.29, 1.82) is 0 Å². The van der Waals surface area contributed by atoms with Crippen LogP contribution in [0.5, 0.6) is 0 Å². The number of hydrogen-bond acceptors (Lipinski definition) is 2. The lowest BCUT2D eigenvalue weighted by Gasteiger charge is -2.08. The largest absolute Gasteiger partial charge is 0.352 e. The van der Waals surface area contributed by atoms with Gasteiger partial charge in [-0.3, -0.25) is 9.78 Å². The van der Waals surface area contributed by atoms with Gasteiger partial charge in [0.15, 0.2) is 0 Å². The second-order valence-corrected chi connectivity index (χ2v) is 5.88. The number of hydrogen-bond donors (Lipinski definition) is 1. The van der Waals surface area contributed by atoms with Crippen LogP contribution in [0.2, 0.25) is 0 Å². The molecule has 0 radical (unpaired) electrons. The lowest BCUT2D eigenvalue weighted by molar-refractivity contribution is 0.0954. The molecule has 1 aromatic carbocycles. The molecule has 1 heterocycles. The maximum Gasteiger partial charge on any atom is 0.253 e. The van der Waals surface area contributed by atoms with E-state index in [0.717, 1.165) is 29.8 Å². The number of para-hydroxylation sites is 1. The fourth-order valence-electron chi connectivity index (χ4n) is 2.44. The van der Waals surface area contributed by atoms with Crippen molar-refractivity contribution in [1.82, 2.24) is 10.3 Å². The number of aromatic nitrogens is 1. The summed E-state index contributed by atoms with van der Waals surface area (Å²) in [6, 6.07) is 9.58. The van der Waals surface area contributed by atoms with Crippen LogP contribution in [-0.4, -0.2) is 17.4 Å². The van der Waals surface area contributed by atoms with Gasteiger partial charge in [-0.05, 0) is 24.5 Å². The fraction of sp³-hybridized carbons (Fsp3) is 0.444. The molecule has 0 saturated carbocycles. The molecule has 0 aliphatic rings. The van der Waals surface area contributed by atoms with Gasteiger partial charge in [0, 0.05) is 18.1 Å². The minimum atomic E-state index is -0.0249. The number of unbranched alkanes of at least 4 members (excludes halogenated alkanes) is 2. The summed E-state index contributed by atoms with van der Waals surface area (Å²) in [5.41, 5.74) is 1.44. The van der Waals surface area contributed by atoms with Gasteiger partial charge in [0.1, 0.15) is 0 Å². The van der Waals surface area contributed by atoms with Crippen molar-refractivity contribution in [3.05, 3.63) is 42.1 Å². The number of amides is 1. The summed E-state index contributed by atoms with van der Waals surface area (Å²) < 4.78 is 0. The first-order valence-corrected chi connectivity index (χ1v) is 7.80. The molecule has 0 bridgehead atoms. The van der Waals surface area contributed by atoms with Crippen molar-refractivity contribution < 1.29 is 4.79 Å². The summed E-state index contributed by atoms with van der Waals surface area (Å²) in [5, 5.41) is 4.00. The summed E-state index contributed by atoms with van der Waals surface area (Å²) in [7, 11) is 0. The van der Waals surface area contributed by atoms with Crippen LogP contribution in [0.25, 0.3) is 10.9 Å². The van der Waals surface area contributed by atoms with Crippen molar-refractivity contribution in [2.24, 2.45) is 5.92 Å². The molecule has 1 aromatic heterocycles. The van der Waals surface area contributed by atoms with Gasteiger partial charge in [-0.15, -0.1) is 0 Å². The van der Waals surface area contributed by atoms with Crippen molar-refractivity contribution in [3.63, 3.8) is 0 Å². The first-order valence-electron chi connectivity index (χ1n) is 7.80. The van der Waals surface area contributed by atoms with Gasteiger partial charge in [0.25, 0.3) is 5.91 Å². The molecule has 21 heavy (non-hydrogen) atoms. The number of rotatable bonds is 7. The van der Waals surface area contributed by atoms with Gasteiger partial charge >= 0.3 is 0 Å². The molecular weight excluding hydrogens is 260 g/mol. The minimum absolute atomic E-state index is 0.0249. The monoisotopic (exact) mass is 284 g/mol. The Bertz CT molecular complexity index is 587. The second-order valence-electron chi connectivity index (χ2n) is 5.88. The highest BCUT2D eigenvalue weighted by molar-refractivity contribution is 6.05. The van der Waals surface area contributed by atoms with E-state index < -0.39 is 0 Å². The first-order chi connectivity index (χ1) is 10.2. The van der Waals surface area contributed by atoms with Crippen LogP contribution in [0.3, 0.4) is 0 Å². The Hall–Kier alpha value is -1.90. The zero-order valence-corrected chi connectivity index (χ0v) is 12.9. The zero-order chi connectivity index (χ0) is 15.1. The molecule has 3 nitrogen and oxygen atoms in total. The molecule has 1 amide bonds. The predicted molar refractivity (Wildman–Crippen MR) is 87.4 cm³/mol. The quantitative estimate of drug-likeness (QED) is 0.775. The standard InChI is InChI=1S/C18H24N2O/c1-14(2)8-4-3-5-12-20-18(21)16-11-6-9-15-10-7-13-19-17(15)16/h6-7,9-11,13-14H,3-5,8,12H2,1-2H3,(H,20,21). The molecule has 0 aliphatic carbocycles. The maximum absolute atomic E-state index is 12.2. The molecule has 112 valence electrons. The number of nitrogens with zero attached hydrogens (tertiary/aromatic N) is 1. The van der Waals surface area contributed by atoms with E-state index in [1.807, 2.05) is 30.3 Å². The Balaban J connectivity index is 1.85. The van der Waals surface area contributed by atoms with E-state index >= 15 is 0 Å². The third-order valence-electron chi connectivity index (χ3n) is 3.62. The Morgan fingerprint density at radius 2 is 1.95 bits per heavy atom. The average Bonchev–Trinajstić information content (AvgIpc) is 2.49. The molecule has 0 atom stereocenters. The lowest BCUT2D eigenvalue weighted by Crippen LogP contribution is -2.24. The molecule has 0 spiro atoms. The van der Waals surface area contributed by atoms with Crippen LogP contribution in [0.15, 0.2) is 36.5 Å². The number of carbonyl (C=O) groups excluding carboxylic acids is 1. The third kappa shape index (κ3) is 4.55. The van der Waals surface area contributed by atoms with Crippen molar-refractivity contribution in [2.75, 3.05) is 6.54 Å². The highest BCUT2D eigenvalue weighted by Gasteiger charge is 2.09. The van der Waals surface area contributed by atoms with Gasteiger partial charge in [-0.2, -0.15) is 0 Å². The minimum Gasteiger partial charge on any atom is -0.352 e. The molecule has 2 aromatic rings. The molecular formula is C18H24N2O. The topological polar surface area (TPSA) is 42.0 Å². The van der Waals surface area contributed by atoms with Crippen LogP contribution in [0.1, 0.15) is 49.9 Å². The van der Waals surface area contributed by atoms with E-state index in [2.05, 4.69) is 24.1 Å². The summed E-state index contributed by atoms with van der Waals surface area (Å²) in [6.07, 6.45) is 6.44. The molecule has 0 aliphatic heterocycles. The second kappa shape index (κ2) is 7.77. The Morgan fingerprint density at radius 1 is 1.14 bits per heavy atom. The molecule has 3 heteroatoms. The van der Waals surface area contributed by atoms with Crippen LogP contribution in [0.4, 0.5) is 0 Å². The summed E-state index contributed by atoms with van der Waals surface area (Å²) in [4.78, 5) is 16.6. The van der Waals surface area contributed by atoms with Gasteiger partial charge in [0.05, 0.1) is 11.1 Å². The number of benzene rings is 1. The van der Waals surface area contributed by atoms with Crippen LogP contribution in [0, 0.1) is 5.92 Å². The van der Waals surface area contributed by atoms with Crippen molar-refractivity contribution >= 4 is 16.8 Å². The molecule has 0 fully saturated rings. The Labute approximate surface area is 126 Å². The van der Waals surface area contributed by atoms with Crippen LogP contribution < -0.4 is 5.32 Å². The molecule has 1 N–H and O–H groups in total. The van der Waals surface area contributed by atoms with E-state index in [9.17, 15) is 4.79 Å². The normalized spacial score (nSPS) is 11.0. The average molecular weight is 284 g/mol. The molecule has 0 saturated heterocycles. The number of nitrogens with one attached hydrogen (secondary N) is 1. The third-order valence-corrected chi connectivity index (χ3v) is 3.62.